The van der Waals surface area contributed by atoms with Gasteiger partial charge >= 0.3 is 0 Å². The van der Waals surface area contributed by atoms with E-state index in [0.29, 0.717) is 18.1 Å². The fourth-order valence-corrected chi connectivity index (χ4v) is 1.66. The lowest BCUT2D eigenvalue weighted by Gasteiger charge is -2.22. The molecule has 2 nitrogen and oxygen atoms in total. The molecule has 96 valence electrons. The van der Waals surface area contributed by atoms with Gasteiger partial charge in [-0.25, -0.2) is 4.39 Å². The minimum absolute atomic E-state index is 0.223. The van der Waals surface area contributed by atoms with E-state index in [1.54, 1.807) is 18.2 Å². The van der Waals surface area contributed by atoms with Gasteiger partial charge in [-0.05, 0) is 25.3 Å². The van der Waals surface area contributed by atoms with E-state index in [1.807, 2.05) is 6.92 Å². The molecule has 1 rings (SSSR count). The van der Waals surface area contributed by atoms with Crippen LogP contribution in [-0.4, -0.2) is 12.6 Å². The van der Waals surface area contributed by atoms with Gasteiger partial charge in [0.1, 0.15) is 11.9 Å². The van der Waals surface area contributed by atoms with Crippen molar-refractivity contribution in [1.29, 1.82) is 0 Å². The van der Waals surface area contributed by atoms with Gasteiger partial charge in [0.2, 0.25) is 0 Å². The third-order valence-corrected chi connectivity index (χ3v) is 2.68. The predicted octanol–water partition coefficient (Wildman–Crippen LogP) is 3.28. The molecule has 0 fully saturated rings. The molecule has 1 aromatic carbocycles. The van der Waals surface area contributed by atoms with Crippen molar-refractivity contribution in [2.45, 2.75) is 39.3 Å². The Morgan fingerprint density at radius 2 is 1.88 bits per heavy atom. The first-order valence-electron chi connectivity index (χ1n) is 6.14. The maximum absolute atomic E-state index is 13.7. The zero-order valence-corrected chi connectivity index (χ0v) is 10.8. The van der Waals surface area contributed by atoms with E-state index in [1.165, 1.54) is 6.07 Å². The van der Waals surface area contributed by atoms with Crippen LogP contribution in [0.25, 0.3) is 0 Å². The highest BCUT2D eigenvalue weighted by Gasteiger charge is 2.20. The molecule has 2 N–H and O–H groups in total. The number of halogens is 1. The van der Waals surface area contributed by atoms with Crippen LogP contribution in [0.4, 0.5) is 4.39 Å². The smallest absolute Gasteiger partial charge is 0.129 e. The Bertz CT molecular complexity index is 339. The third kappa shape index (κ3) is 4.44. The quantitative estimate of drug-likeness (QED) is 0.826. The van der Waals surface area contributed by atoms with Gasteiger partial charge in [-0.3, -0.25) is 0 Å². The van der Waals surface area contributed by atoms with Crippen molar-refractivity contribution < 1.29 is 9.13 Å². The van der Waals surface area contributed by atoms with Gasteiger partial charge < -0.3 is 10.5 Å². The van der Waals surface area contributed by atoms with Crippen LogP contribution in [0, 0.1) is 11.7 Å². The molecule has 3 heteroatoms. The molecule has 2 atom stereocenters. The SMILES string of the molecule is CC(C)CCOC(c1ccccc1F)C(C)N. The van der Waals surface area contributed by atoms with Gasteiger partial charge in [0.25, 0.3) is 0 Å². The van der Waals surface area contributed by atoms with Crippen molar-refractivity contribution in [2.24, 2.45) is 11.7 Å². The lowest BCUT2D eigenvalue weighted by molar-refractivity contribution is 0.0299. The minimum Gasteiger partial charge on any atom is -0.372 e. The maximum atomic E-state index is 13.7. The van der Waals surface area contributed by atoms with Crippen molar-refractivity contribution in [1.82, 2.24) is 0 Å². The summed E-state index contributed by atoms with van der Waals surface area (Å²) in [7, 11) is 0. The normalized spacial score (nSPS) is 14.9. The molecule has 0 saturated carbocycles. The molecule has 0 bridgehead atoms. The number of benzene rings is 1. The largest absolute Gasteiger partial charge is 0.372 e. The summed E-state index contributed by atoms with van der Waals surface area (Å²) in [6.45, 7) is 6.71. The van der Waals surface area contributed by atoms with Crippen molar-refractivity contribution in [3.05, 3.63) is 35.6 Å². The molecule has 2 unspecified atom stereocenters. The Hall–Kier alpha value is -0.930. The van der Waals surface area contributed by atoms with Crippen LogP contribution < -0.4 is 5.73 Å². The lowest BCUT2D eigenvalue weighted by Crippen LogP contribution is -2.28. The summed E-state index contributed by atoms with van der Waals surface area (Å²) in [5.41, 5.74) is 6.41. The zero-order chi connectivity index (χ0) is 12.8. The van der Waals surface area contributed by atoms with Crippen molar-refractivity contribution in [3.63, 3.8) is 0 Å². The molecule has 0 heterocycles. The van der Waals surface area contributed by atoms with Crippen molar-refractivity contribution in [3.8, 4) is 0 Å². The van der Waals surface area contributed by atoms with E-state index in [4.69, 9.17) is 10.5 Å². The third-order valence-electron chi connectivity index (χ3n) is 2.68. The Kier molecular flexibility index (Phi) is 5.59. The molecule has 0 aromatic heterocycles. The minimum atomic E-state index is -0.366. The van der Waals surface area contributed by atoms with E-state index >= 15 is 0 Å². The molecule has 0 spiro atoms. The fourth-order valence-electron chi connectivity index (χ4n) is 1.66. The van der Waals surface area contributed by atoms with Crippen molar-refractivity contribution in [2.75, 3.05) is 6.61 Å². The van der Waals surface area contributed by atoms with Gasteiger partial charge in [0.15, 0.2) is 0 Å². The summed E-state index contributed by atoms with van der Waals surface area (Å²) in [5.74, 6) is 0.323. The summed E-state index contributed by atoms with van der Waals surface area (Å²) < 4.78 is 19.4. The number of hydrogen-bond donors (Lipinski definition) is 1. The average molecular weight is 239 g/mol. The molecule has 1 aromatic rings. The lowest BCUT2D eigenvalue weighted by atomic mass is 10.0. The summed E-state index contributed by atoms with van der Waals surface area (Å²) in [6.07, 6.45) is 0.590. The number of nitrogens with two attached hydrogens (primary N) is 1. The highest BCUT2D eigenvalue weighted by Crippen LogP contribution is 2.23. The molecule has 0 aliphatic rings. The molecule has 0 aliphatic carbocycles. The molecule has 17 heavy (non-hydrogen) atoms. The molecule has 0 saturated heterocycles. The number of hydrogen-bond acceptors (Lipinski definition) is 2. The molecule has 0 radical (unpaired) electrons. The summed E-state index contributed by atoms with van der Waals surface area (Å²) >= 11 is 0. The standard InChI is InChI=1S/C14H22FNO/c1-10(2)8-9-17-14(11(3)16)12-6-4-5-7-13(12)15/h4-7,10-11,14H,8-9,16H2,1-3H3. The predicted molar refractivity (Wildman–Crippen MR) is 68.2 cm³/mol. The summed E-state index contributed by atoms with van der Waals surface area (Å²) in [6, 6.07) is 6.43. The Morgan fingerprint density at radius 3 is 2.41 bits per heavy atom. The van der Waals surface area contributed by atoms with Crippen LogP contribution in [0.1, 0.15) is 38.9 Å². The first-order chi connectivity index (χ1) is 8.02. The first-order valence-corrected chi connectivity index (χ1v) is 6.14. The number of ether oxygens (including phenoxy) is 1. The molecule has 0 aliphatic heterocycles. The maximum Gasteiger partial charge on any atom is 0.129 e. The van der Waals surface area contributed by atoms with Gasteiger partial charge in [0, 0.05) is 18.2 Å². The van der Waals surface area contributed by atoms with E-state index in [9.17, 15) is 4.39 Å². The van der Waals surface area contributed by atoms with E-state index < -0.39 is 0 Å². The fraction of sp³-hybridized carbons (Fsp3) is 0.571. The summed E-state index contributed by atoms with van der Waals surface area (Å²) in [5, 5.41) is 0. The highest BCUT2D eigenvalue weighted by atomic mass is 19.1. The van der Waals surface area contributed by atoms with Crippen LogP contribution in [0.2, 0.25) is 0 Å². The van der Waals surface area contributed by atoms with Gasteiger partial charge in [-0.1, -0.05) is 32.0 Å². The topological polar surface area (TPSA) is 35.2 Å². The monoisotopic (exact) mass is 239 g/mol. The zero-order valence-electron chi connectivity index (χ0n) is 10.8. The van der Waals surface area contributed by atoms with Crippen LogP contribution >= 0.6 is 0 Å². The van der Waals surface area contributed by atoms with Gasteiger partial charge in [0.05, 0.1) is 0 Å². The Labute approximate surface area is 103 Å². The Morgan fingerprint density at radius 1 is 1.24 bits per heavy atom. The average Bonchev–Trinajstić information content (AvgIpc) is 2.25. The van der Waals surface area contributed by atoms with Crippen LogP contribution in [0.5, 0.6) is 0 Å². The second-order valence-electron chi connectivity index (χ2n) is 4.85. The highest BCUT2D eigenvalue weighted by molar-refractivity contribution is 5.21. The molecular formula is C14H22FNO. The molecular weight excluding hydrogens is 217 g/mol. The van der Waals surface area contributed by atoms with Gasteiger partial charge in [-0.2, -0.15) is 0 Å². The van der Waals surface area contributed by atoms with Crippen LogP contribution in [-0.2, 0) is 4.74 Å². The van der Waals surface area contributed by atoms with Gasteiger partial charge in [-0.15, -0.1) is 0 Å². The summed E-state index contributed by atoms with van der Waals surface area (Å²) in [4.78, 5) is 0. The van der Waals surface area contributed by atoms with Crippen LogP contribution in [0.3, 0.4) is 0 Å². The number of rotatable bonds is 6. The van der Waals surface area contributed by atoms with E-state index in [2.05, 4.69) is 13.8 Å². The first kappa shape index (κ1) is 14.1. The molecule has 0 amide bonds. The van der Waals surface area contributed by atoms with Crippen molar-refractivity contribution >= 4 is 0 Å². The van der Waals surface area contributed by atoms with Crippen LogP contribution in [0.15, 0.2) is 24.3 Å². The second-order valence-corrected chi connectivity index (χ2v) is 4.85. The second kappa shape index (κ2) is 6.72. The van der Waals surface area contributed by atoms with E-state index in [0.717, 1.165) is 6.42 Å². The van der Waals surface area contributed by atoms with E-state index in [-0.39, 0.29) is 18.0 Å². The Balaban J connectivity index is 2.69.